The van der Waals surface area contributed by atoms with Crippen molar-refractivity contribution in [2.45, 2.75) is 6.92 Å². The van der Waals surface area contributed by atoms with Crippen LogP contribution < -0.4 is 15.1 Å². The fourth-order valence-corrected chi connectivity index (χ4v) is 3.51. The Labute approximate surface area is 175 Å². The van der Waals surface area contributed by atoms with Crippen LogP contribution in [0.3, 0.4) is 0 Å². The summed E-state index contributed by atoms with van der Waals surface area (Å²) in [5.41, 5.74) is 2.07. The standard InChI is InChI=1S/C20H27N7O3/c1-15-5-3-4-6-16(15)21-17-22-18(24-19(23-17)26-11-13-30-14-12-26)25-7-9-27(10-8-25)20(28)29-2/h3-6H,7-14H2,1-2H3,(H,21,22,23,24). The summed E-state index contributed by atoms with van der Waals surface area (Å²) in [5, 5.41) is 3.34. The lowest BCUT2D eigenvalue weighted by atomic mass is 10.2. The predicted octanol–water partition coefficient (Wildman–Crippen LogP) is 1.65. The third-order valence-corrected chi connectivity index (χ3v) is 5.29. The highest BCUT2D eigenvalue weighted by atomic mass is 16.5. The quantitative estimate of drug-likeness (QED) is 0.802. The minimum atomic E-state index is -0.304. The van der Waals surface area contributed by atoms with Crippen molar-refractivity contribution in [3.05, 3.63) is 29.8 Å². The maximum atomic E-state index is 11.8. The number of anilines is 4. The lowest BCUT2D eigenvalue weighted by Crippen LogP contribution is -2.49. The van der Waals surface area contributed by atoms with Gasteiger partial charge in [0.05, 0.1) is 20.3 Å². The van der Waals surface area contributed by atoms with Gasteiger partial charge in [0.2, 0.25) is 17.8 Å². The van der Waals surface area contributed by atoms with Gasteiger partial charge in [-0.1, -0.05) is 18.2 Å². The lowest BCUT2D eigenvalue weighted by molar-refractivity contribution is 0.121. The third kappa shape index (κ3) is 4.54. The molecule has 2 fully saturated rings. The average molecular weight is 413 g/mol. The highest BCUT2D eigenvalue weighted by Gasteiger charge is 2.25. The molecule has 10 nitrogen and oxygen atoms in total. The van der Waals surface area contributed by atoms with E-state index in [1.165, 1.54) is 7.11 Å². The molecule has 0 bridgehead atoms. The maximum Gasteiger partial charge on any atom is 0.409 e. The Morgan fingerprint density at radius 3 is 2.23 bits per heavy atom. The number of morpholine rings is 1. The van der Waals surface area contributed by atoms with Crippen LogP contribution in [0.25, 0.3) is 0 Å². The summed E-state index contributed by atoms with van der Waals surface area (Å²) >= 11 is 0. The number of ether oxygens (including phenoxy) is 2. The molecule has 1 aromatic heterocycles. The van der Waals surface area contributed by atoms with Crippen LogP contribution in [0.4, 0.5) is 28.3 Å². The number of hydrogen-bond donors (Lipinski definition) is 1. The van der Waals surface area contributed by atoms with E-state index < -0.39 is 0 Å². The summed E-state index contributed by atoms with van der Waals surface area (Å²) in [4.78, 5) is 31.7. The number of hydrogen-bond acceptors (Lipinski definition) is 9. The summed E-state index contributed by atoms with van der Waals surface area (Å²) in [6, 6.07) is 8.02. The van der Waals surface area contributed by atoms with E-state index in [-0.39, 0.29) is 6.09 Å². The second-order valence-electron chi connectivity index (χ2n) is 7.24. The molecule has 30 heavy (non-hydrogen) atoms. The Kier molecular flexibility index (Phi) is 6.12. The number of rotatable bonds is 4. The number of carbonyl (C=O) groups is 1. The fourth-order valence-electron chi connectivity index (χ4n) is 3.51. The Balaban J connectivity index is 1.59. The first-order valence-electron chi connectivity index (χ1n) is 10.1. The number of aryl methyl sites for hydroxylation is 1. The average Bonchev–Trinajstić information content (AvgIpc) is 2.80. The molecule has 4 rings (SSSR count). The number of nitrogens with one attached hydrogen (secondary N) is 1. The minimum absolute atomic E-state index is 0.304. The molecule has 0 radical (unpaired) electrons. The molecule has 1 N–H and O–H groups in total. The van der Waals surface area contributed by atoms with Crippen LogP contribution in [0.5, 0.6) is 0 Å². The highest BCUT2D eigenvalue weighted by Crippen LogP contribution is 2.23. The van der Waals surface area contributed by atoms with Gasteiger partial charge in [-0.15, -0.1) is 0 Å². The third-order valence-electron chi connectivity index (χ3n) is 5.29. The van der Waals surface area contributed by atoms with Crippen LogP contribution in [0.1, 0.15) is 5.56 Å². The van der Waals surface area contributed by atoms with Gasteiger partial charge < -0.3 is 29.5 Å². The number of piperazine rings is 1. The Bertz CT molecular complexity index is 880. The zero-order valence-corrected chi connectivity index (χ0v) is 17.4. The van der Waals surface area contributed by atoms with Crippen molar-refractivity contribution in [1.29, 1.82) is 0 Å². The molecule has 160 valence electrons. The van der Waals surface area contributed by atoms with Gasteiger partial charge in [-0.2, -0.15) is 15.0 Å². The smallest absolute Gasteiger partial charge is 0.409 e. The summed E-state index contributed by atoms with van der Waals surface area (Å²) in [6.45, 7) is 7.21. The zero-order valence-electron chi connectivity index (χ0n) is 17.4. The molecule has 2 aromatic rings. The van der Waals surface area contributed by atoms with Crippen LogP contribution in [-0.4, -0.2) is 85.5 Å². The highest BCUT2D eigenvalue weighted by molar-refractivity contribution is 5.68. The van der Waals surface area contributed by atoms with E-state index in [2.05, 4.69) is 25.1 Å². The number of para-hydroxylation sites is 1. The zero-order chi connectivity index (χ0) is 20.9. The van der Waals surface area contributed by atoms with Crippen molar-refractivity contribution in [2.75, 3.05) is 74.7 Å². The first-order chi connectivity index (χ1) is 14.6. The van der Waals surface area contributed by atoms with E-state index in [0.717, 1.165) is 24.3 Å². The molecule has 0 spiro atoms. The van der Waals surface area contributed by atoms with Crippen LogP contribution in [-0.2, 0) is 9.47 Å². The number of methoxy groups -OCH3 is 1. The van der Waals surface area contributed by atoms with E-state index in [1.807, 2.05) is 31.2 Å². The minimum Gasteiger partial charge on any atom is -0.453 e. The molecule has 0 atom stereocenters. The van der Waals surface area contributed by atoms with E-state index >= 15 is 0 Å². The predicted molar refractivity (Wildman–Crippen MR) is 114 cm³/mol. The SMILES string of the molecule is COC(=O)N1CCN(c2nc(Nc3ccccc3C)nc(N3CCOCC3)n2)CC1. The second-order valence-corrected chi connectivity index (χ2v) is 7.24. The second kappa shape index (κ2) is 9.12. The molecule has 10 heteroatoms. The summed E-state index contributed by atoms with van der Waals surface area (Å²) in [6.07, 6.45) is -0.304. The van der Waals surface area contributed by atoms with E-state index in [0.29, 0.717) is 57.2 Å². The van der Waals surface area contributed by atoms with Gasteiger partial charge in [-0.25, -0.2) is 4.79 Å². The van der Waals surface area contributed by atoms with E-state index in [9.17, 15) is 4.79 Å². The van der Waals surface area contributed by atoms with Crippen LogP contribution >= 0.6 is 0 Å². The molecule has 0 unspecified atom stereocenters. The molecule has 0 saturated carbocycles. The van der Waals surface area contributed by atoms with Crippen molar-refractivity contribution >= 4 is 29.6 Å². The topological polar surface area (TPSA) is 96.0 Å². The van der Waals surface area contributed by atoms with Crippen LogP contribution in [0.2, 0.25) is 0 Å². The monoisotopic (exact) mass is 413 g/mol. The van der Waals surface area contributed by atoms with Crippen molar-refractivity contribution in [3.63, 3.8) is 0 Å². The van der Waals surface area contributed by atoms with Gasteiger partial charge >= 0.3 is 6.09 Å². The maximum absolute atomic E-state index is 11.8. The van der Waals surface area contributed by atoms with Gasteiger partial charge in [-0.05, 0) is 18.6 Å². The Morgan fingerprint density at radius 1 is 0.967 bits per heavy atom. The molecule has 1 aromatic carbocycles. The number of aromatic nitrogens is 3. The van der Waals surface area contributed by atoms with E-state index in [4.69, 9.17) is 14.5 Å². The molecular weight excluding hydrogens is 386 g/mol. The molecular formula is C20H27N7O3. The summed E-state index contributed by atoms with van der Waals surface area (Å²) in [5.74, 6) is 1.74. The first-order valence-corrected chi connectivity index (χ1v) is 10.1. The normalized spacial score (nSPS) is 17.1. The Morgan fingerprint density at radius 2 is 1.60 bits per heavy atom. The van der Waals surface area contributed by atoms with Gasteiger partial charge in [0.25, 0.3) is 0 Å². The van der Waals surface area contributed by atoms with Gasteiger partial charge in [0.15, 0.2) is 0 Å². The number of nitrogens with zero attached hydrogens (tertiary/aromatic N) is 6. The Hall–Kier alpha value is -3.14. The van der Waals surface area contributed by atoms with Gasteiger partial charge in [0.1, 0.15) is 0 Å². The summed E-state index contributed by atoms with van der Waals surface area (Å²) in [7, 11) is 1.40. The van der Waals surface area contributed by atoms with Crippen molar-refractivity contribution in [2.24, 2.45) is 0 Å². The number of amides is 1. The van der Waals surface area contributed by atoms with Crippen LogP contribution in [0.15, 0.2) is 24.3 Å². The van der Waals surface area contributed by atoms with E-state index in [1.54, 1.807) is 4.90 Å². The molecule has 2 aliphatic rings. The largest absolute Gasteiger partial charge is 0.453 e. The molecule has 2 saturated heterocycles. The lowest BCUT2D eigenvalue weighted by Gasteiger charge is -2.34. The number of carbonyl (C=O) groups excluding carboxylic acids is 1. The van der Waals surface area contributed by atoms with Crippen molar-refractivity contribution in [3.8, 4) is 0 Å². The van der Waals surface area contributed by atoms with Gasteiger partial charge in [0, 0.05) is 45.0 Å². The molecule has 0 aliphatic carbocycles. The first kappa shape index (κ1) is 20.1. The molecule has 1 amide bonds. The fraction of sp³-hybridized carbons (Fsp3) is 0.500. The van der Waals surface area contributed by atoms with Gasteiger partial charge in [-0.3, -0.25) is 0 Å². The number of benzene rings is 1. The van der Waals surface area contributed by atoms with Crippen molar-refractivity contribution < 1.29 is 14.3 Å². The summed E-state index contributed by atoms with van der Waals surface area (Å²) < 4.78 is 10.3. The molecule has 3 heterocycles. The van der Waals surface area contributed by atoms with Crippen LogP contribution in [0, 0.1) is 6.92 Å². The van der Waals surface area contributed by atoms with Crippen molar-refractivity contribution in [1.82, 2.24) is 19.9 Å². The molecule has 2 aliphatic heterocycles.